The Hall–Kier alpha value is -1.64. The summed E-state index contributed by atoms with van der Waals surface area (Å²) >= 11 is 1.87. The zero-order valence-electron chi connectivity index (χ0n) is 11.5. The van der Waals surface area contributed by atoms with Gasteiger partial charge in [-0.15, -0.1) is 0 Å². The Labute approximate surface area is 130 Å². The lowest BCUT2D eigenvalue weighted by Gasteiger charge is -2.18. The third-order valence-corrected chi connectivity index (χ3v) is 3.99. The fourth-order valence-electron chi connectivity index (χ4n) is 2.03. The van der Waals surface area contributed by atoms with Gasteiger partial charge in [-0.2, -0.15) is 0 Å². The molecule has 0 saturated carbocycles. The molecule has 0 spiro atoms. The third-order valence-electron chi connectivity index (χ3n) is 2.91. The van der Waals surface area contributed by atoms with E-state index in [-0.39, 0.29) is 22.9 Å². The summed E-state index contributed by atoms with van der Waals surface area (Å²) in [4.78, 5) is 34.6. The Morgan fingerprint density at radius 3 is 2.05 bits per heavy atom. The van der Waals surface area contributed by atoms with Crippen molar-refractivity contribution in [2.45, 2.75) is 20.8 Å². The first-order valence-corrected chi connectivity index (χ1v) is 6.85. The maximum Gasteiger partial charge on any atom is 0.337 e. The molecule has 1 aromatic rings. The fourth-order valence-corrected chi connectivity index (χ4v) is 3.20. The summed E-state index contributed by atoms with van der Waals surface area (Å²) in [6, 6.07) is 0. The van der Waals surface area contributed by atoms with E-state index in [0.29, 0.717) is 20.4 Å². The van der Waals surface area contributed by atoms with Gasteiger partial charge < -0.3 is 15.7 Å². The van der Waals surface area contributed by atoms with Gasteiger partial charge in [0.2, 0.25) is 5.91 Å². The van der Waals surface area contributed by atoms with Crippen molar-refractivity contribution < 1.29 is 19.5 Å². The Bertz CT molecular complexity index is 611. The summed E-state index contributed by atoms with van der Waals surface area (Å²) in [5.41, 5.74) is 1.59. The van der Waals surface area contributed by atoms with Gasteiger partial charge in [-0.25, -0.2) is 4.79 Å². The topological polar surface area (TPSA) is 95.5 Å². The normalized spacial score (nSPS) is 10.1. The summed E-state index contributed by atoms with van der Waals surface area (Å²) in [5.74, 6) is -1.84. The van der Waals surface area contributed by atoms with Gasteiger partial charge in [0.05, 0.1) is 14.8 Å². The minimum absolute atomic E-state index is 0.0264. The highest BCUT2D eigenvalue weighted by Gasteiger charge is 2.25. The molecule has 3 N–H and O–H groups in total. The van der Waals surface area contributed by atoms with Crippen LogP contribution in [-0.2, 0) is 4.79 Å². The molecule has 0 unspecified atom stereocenters. The van der Waals surface area contributed by atoms with E-state index < -0.39 is 5.97 Å². The Morgan fingerprint density at radius 2 is 1.65 bits per heavy atom. The summed E-state index contributed by atoms with van der Waals surface area (Å²) in [7, 11) is 1.47. The monoisotopic (exact) mass is 390 g/mol. The molecule has 0 fully saturated rings. The quantitative estimate of drug-likeness (QED) is 0.688. The molecule has 0 saturated heterocycles. The molecule has 0 aliphatic heterocycles. The summed E-state index contributed by atoms with van der Waals surface area (Å²) in [6.07, 6.45) is 0. The van der Waals surface area contributed by atoms with Gasteiger partial charge in [0, 0.05) is 19.5 Å². The average Bonchev–Trinajstić information content (AvgIpc) is 2.33. The number of benzene rings is 1. The molecule has 20 heavy (non-hydrogen) atoms. The van der Waals surface area contributed by atoms with E-state index in [4.69, 9.17) is 0 Å². The molecule has 0 heterocycles. The van der Waals surface area contributed by atoms with Crippen molar-refractivity contribution in [3.63, 3.8) is 0 Å². The second kappa shape index (κ2) is 6.21. The lowest BCUT2D eigenvalue weighted by atomic mass is 9.95. The van der Waals surface area contributed by atoms with Crippen molar-refractivity contribution >= 4 is 46.1 Å². The molecular weight excluding hydrogens is 375 g/mol. The van der Waals surface area contributed by atoms with Gasteiger partial charge in [0.25, 0.3) is 5.91 Å². The molecule has 0 radical (unpaired) electrons. The van der Waals surface area contributed by atoms with Gasteiger partial charge in [-0.1, -0.05) is 0 Å². The second-order valence-electron chi connectivity index (χ2n) is 4.25. The number of carboxylic acids is 1. The lowest BCUT2D eigenvalue weighted by Crippen LogP contribution is -2.24. The molecule has 6 nitrogen and oxygen atoms in total. The van der Waals surface area contributed by atoms with E-state index in [0.717, 1.165) is 0 Å². The zero-order chi connectivity index (χ0) is 15.6. The summed E-state index contributed by atoms with van der Waals surface area (Å²) < 4.78 is 0.410. The van der Waals surface area contributed by atoms with Crippen LogP contribution in [0, 0.1) is 17.4 Å². The number of hydrogen-bond acceptors (Lipinski definition) is 3. The number of aromatic carboxylic acids is 1. The minimum atomic E-state index is -1.14. The van der Waals surface area contributed by atoms with Crippen molar-refractivity contribution in [2.24, 2.45) is 0 Å². The SMILES string of the molecule is CNC(=O)c1c(C)c(NC(C)=O)c(I)c(C(=O)O)c1C. The smallest absolute Gasteiger partial charge is 0.337 e. The van der Waals surface area contributed by atoms with Gasteiger partial charge in [0.15, 0.2) is 0 Å². The van der Waals surface area contributed by atoms with E-state index in [2.05, 4.69) is 10.6 Å². The first kappa shape index (κ1) is 16.4. The average molecular weight is 390 g/mol. The van der Waals surface area contributed by atoms with Crippen LogP contribution >= 0.6 is 22.6 Å². The predicted molar refractivity (Wildman–Crippen MR) is 83.3 cm³/mol. The largest absolute Gasteiger partial charge is 0.478 e. The Kier molecular flexibility index (Phi) is 5.09. The van der Waals surface area contributed by atoms with Crippen LogP contribution in [0.3, 0.4) is 0 Å². The molecule has 0 bridgehead atoms. The van der Waals surface area contributed by atoms with Gasteiger partial charge >= 0.3 is 5.97 Å². The van der Waals surface area contributed by atoms with Crippen molar-refractivity contribution in [1.82, 2.24) is 5.32 Å². The number of amides is 2. The fraction of sp³-hybridized carbons (Fsp3) is 0.308. The molecule has 7 heteroatoms. The van der Waals surface area contributed by atoms with Crippen molar-refractivity contribution in [3.05, 3.63) is 25.8 Å². The lowest BCUT2D eigenvalue weighted by molar-refractivity contribution is -0.114. The number of anilines is 1. The molecule has 108 valence electrons. The second-order valence-corrected chi connectivity index (χ2v) is 5.33. The highest BCUT2D eigenvalue weighted by atomic mass is 127. The van der Waals surface area contributed by atoms with Crippen LogP contribution in [0.1, 0.15) is 38.8 Å². The molecule has 0 atom stereocenters. The Morgan fingerprint density at radius 1 is 1.10 bits per heavy atom. The van der Waals surface area contributed by atoms with Crippen molar-refractivity contribution in [3.8, 4) is 0 Å². The molecular formula is C13H15IN2O4. The molecule has 1 aromatic carbocycles. The van der Waals surface area contributed by atoms with Crippen molar-refractivity contribution in [2.75, 3.05) is 12.4 Å². The van der Waals surface area contributed by atoms with E-state index in [1.165, 1.54) is 14.0 Å². The van der Waals surface area contributed by atoms with Crippen LogP contribution in [0.25, 0.3) is 0 Å². The van der Waals surface area contributed by atoms with Gasteiger partial charge in [0.1, 0.15) is 0 Å². The number of nitrogens with one attached hydrogen (secondary N) is 2. The first-order chi connectivity index (χ1) is 9.22. The number of carbonyl (C=O) groups excluding carboxylic acids is 2. The molecule has 2 amide bonds. The minimum Gasteiger partial charge on any atom is -0.478 e. The van der Waals surface area contributed by atoms with Crippen LogP contribution in [0.2, 0.25) is 0 Å². The molecule has 0 aromatic heterocycles. The first-order valence-electron chi connectivity index (χ1n) is 5.77. The van der Waals surface area contributed by atoms with E-state index >= 15 is 0 Å². The highest BCUT2D eigenvalue weighted by molar-refractivity contribution is 14.1. The van der Waals surface area contributed by atoms with E-state index in [9.17, 15) is 19.5 Å². The number of carboxylic acid groups (broad SMARTS) is 1. The van der Waals surface area contributed by atoms with Crippen LogP contribution in [0.5, 0.6) is 0 Å². The summed E-state index contributed by atoms with van der Waals surface area (Å²) in [5, 5.41) is 14.4. The van der Waals surface area contributed by atoms with Crippen molar-refractivity contribution in [1.29, 1.82) is 0 Å². The van der Waals surface area contributed by atoms with E-state index in [1.807, 2.05) is 22.6 Å². The maximum atomic E-state index is 12.0. The molecule has 1 rings (SSSR count). The number of carbonyl (C=O) groups is 3. The maximum absolute atomic E-state index is 12.0. The molecule has 0 aliphatic carbocycles. The van der Waals surface area contributed by atoms with Crippen LogP contribution < -0.4 is 10.6 Å². The van der Waals surface area contributed by atoms with Gasteiger partial charge in [-0.05, 0) is 47.6 Å². The summed E-state index contributed by atoms with van der Waals surface area (Å²) in [6.45, 7) is 4.59. The van der Waals surface area contributed by atoms with Crippen LogP contribution in [0.4, 0.5) is 5.69 Å². The number of rotatable bonds is 3. The zero-order valence-corrected chi connectivity index (χ0v) is 13.7. The van der Waals surface area contributed by atoms with Crippen LogP contribution in [-0.4, -0.2) is 29.9 Å². The predicted octanol–water partition coefficient (Wildman–Crippen LogP) is 1.92. The number of hydrogen-bond donors (Lipinski definition) is 3. The van der Waals surface area contributed by atoms with Gasteiger partial charge in [-0.3, -0.25) is 9.59 Å². The van der Waals surface area contributed by atoms with E-state index in [1.54, 1.807) is 13.8 Å². The van der Waals surface area contributed by atoms with Crippen LogP contribution in [0.15, 0.2) is 0 Å². The molecule has 0 aliphatic rings. The Balaban J connectivity index is 3.78. The third kappa shape index (κ3) is 2.92. The standard InChI is InChI=1S/C13H15IN2O4/c1-5-8(12(18)15-4)6(2)11(16-7(3)17)10(14)9(5)13(19)20/h1-4H3,(H,15,18)(H,16,17)(H,19,20). The number of halogens is 1. The highest BCUT2D eigenvalue weighted by Crippen LogP contribution is 2.33.